The average molecular weight is 375 g/mol. The molecular formula is C22H21N3O3. The van der Waals surface area contributed by atoms with Crippen molar-refractivity contribution < 1.29 is 14.3 Å². The van der Waals surface area contributed by atoms with Gasteiger partial charge in [-0.25, -0.2) is 4.79 Å². The number of nitrogens with zero attached hydrogens (tertiary/aromatic N) is 2. The number of urea groups is 1. The largest absolute Gasteiger partial charge is 0.457 e. The van der Waals surface area contributed by atoms with Crippen LogP contribution in [0.15, 0.2) is 65.9 Å². The highest BCUT2D eigenvalue weighted by Gasteiger charge is 2.46. The molecule has 1 unspecified atom stereocenters. The maximum atomic E-state index is 13.1. The van der Waals surface area contributed by atoms with Gasteiger partial charge in [0.05, 0.1) is 23.9 Å². The average Bonchev–Trinajstić information content (AvgIpc) is 3.49. The number of ether oxygens (including phenoxy) is 1. The number of amides is 3. The Balaban J connectivity index is 1.49. The second kappa shape index (κ2) is 6.41. The van der Waals surface area contributed by atoms with E-state index in [2.05, 4.69) is 5.32 Å². The van der Waals surface area contributed by atoms with Gasteiger partial charge in [-0.15, -0.1) is 0 Å². The summed E-state index contributed by atoms with van der Waals surface area (Å²) in [6.07, 6.45) is 2.09. The summed E-state index contributed by atoms with van der Waals surface area (Å²) >= 11 is 0. The number of benzene rings is 2. The number of hydrogen-bond acceptors (Lipinski definition) is 3. The molecule has 2 aromatic carbocycles. The van der Waals surface area contributed by atoms with Crippen molar-refractivity contribution in [1.82, 2.24) is 15.1 Å². The van der Waals surface area contributed by atoms with Gasteiger partial charge in [-0.3, -0.25) is 9.69 Å². The topological polar surface area (TPSA) is 61.9 Å². The number of nitrogens with one attached hydrogen (secondary N) is 1. The van der Waals surface area contributed by atoms with Crippen molar-refractivity contribution in [2.24, 2.45) is 0 Å². The third-order valence-electron chi connectivity index (χ3n) is 5.55. The van der Waals surface area contributed by atoms with E-state index < -0.39 is 6.04 Å². The van der Waals surface area contributed by atoms with E-state index in [4.69, 9.17) is 4.74 Å². The highest BCUT2D eigenvalue weighted by molar-refractivity contribution is 6.01. The molecule has 1 atom stereocenters. The minimum absolute atomic E-state index is 0.0312. The maximum absolute atomic E-state index is 13.1. The van der Waals surface area contributed by atoms with Crippen molar-refractivity contribution in [2.75, 3.05) is 13.6 Å². The van der Waals surface area contributed by atoms with E-state index in [1.165, 1.54) is 0 Å². The number of carbonyl (C=O) groups excluding carboxylic acids is 2. The Morgan fingerprint density at radius 3 is 2.50 bits per heavy atom. The van der Waals surface area contributed by atoms with Crippen molar-refractivity contribution in [2.45, 2.75) is 24.9 Å². The van der Waals surface area contributed by atoms with Gasteiger partial charge in [-0.2, -0.15) is 0 Å². The molecule has 0 spiro atoms. The first-order valence-electron chi connectivity index (χ1n) is 9.53. The molecule has 6 nitrogen and oxygen atoms in total. The van der Waals surface area contributed by atoms with Crippen LogP contribution >= 0.6 is 0 Å². The van der Waals surface area contributed by atoms with Crippen LogP contribution in [0.2, 0.25) is 0 Å². The molecule has 28 heavy (non-hydrogen) atoms. The molecule has 0 radical (unpaired) electrons. The second-order valence-corrected chi connectivity index (χ2v) is 7.45. The van der Waals surface area contributed by atoms with E-state index in [1.54, 1.807) is 11.9 Å². The SMILES string of the molecule is CN1C(=O)NC(c2cccc(Oc3ccccc3)c2)C2=C1CN(C1CC1)C2=O. The summed E-state index contributed by atoms with van der Waals surface area (Å²) in [5.74, 6) is 1.44. The molecule has 0 bridgehead atoms. The van der Waals surface area contributed by atoms with Gasteiger partial charge in [0.15, 0.2) is 0 Å². The van der Waals surface area contributed by atoms with Crippen molar-refractivity contribution in [1.29, 1.82) is 0 Å². The smallest absolute Gasteiger partial charge is 0.322 e. The van der Waals surface area contributed by atoms with Crippen LogP contribution in [0.1, 0.15) is 24.4 Å². The lowest BCUT2D eigenvalue weighted by Crippen LogP contribution is -2.45. The molecule has 1 aliphatic carbocycles. The summed E-state index contributed by atoms with van der Waals surface area (Å²) in [5.41, 5.74) is 2.32. The number of rotatable bonds is 4. The van der Waals surface area contributed by atoms with Gasteiger partial charge in [0, 0.05) is 13.1 Å². The van der Waals surface area contributed by atoms with Crippen molar-refractivity contribution in [3.8, 4) is 11.5 Å². The molecule has 2 aliphatic heterocycles. The third-order valence-corrected chi connectivity index (χ3v) is 5.55. The molecule has 142 valence electrons. The van der Waals surface area contributed by atoms with Crippen LogP contribution in [-0.4, -0.2) is 41.4 Å². The van der Waals surface area contributed by atoms with Crippen molar-refractivity contribution in [3.63, 3.8) is 0 Å². The molecule has 1 saturated carbocycles. The Morgan fingerprint density at radius 1 is 1.00 bits per heavy atom. The zero-order valence-corrected chi connectivity index (χ0v) is 15.6. The molecule has 1 N–H and O–H groups in total. The fraction of sp³-hybridized carbons (Fsp3) is 0.273. The fourth-order valence-electron chi connectivity index (χ4n) is 3.90. The van der Waals surface area contributed by atoms with E-state index in [1.807, 2.05) is 59.5 Å². The molecule has 1 fully saturated rings. The quantitative estimate of drug-likeness (QED) is 0.891. The standard InChI is InChI=1S/C22H21N3O3/c1-24-18-13-25(15-10-11-15)21(26)19(18)20(23-22(24)27)14-6-5-9-17(12-14)28-16-7-3-2-4-8-16/h2-9,12,15,20H,10-11,13H2,1H3,(H,23,27). The third kappa shape index (κ3) is 2.81. The second-order valence-electron chi connectivity index (χ2n) is 7.45. The van der Waals surface area contributed by atoms with Crippen LogP contribution in [0, 0.1) is 0 Å². The van der Waals surface area contributed by atoms with Crippen molar-refractivity contribution >= 4 is 11.9 Å². The predicted octanol–water partition coefficient (Wildman–Crippen LogP) is 3.43. The summed E-state index contributed by atoms with van der Waals surface area (Å²) in [6.45, 7) is 0.513. The molecule has 5 rings (SSSR count). The Hall–Kier alpha value is -3.28. The van der Waals surface area contributed by atoms with Gasteiger partial charge in [0.1, 0.15) is 11.5 Å². The maximum Gasteiger partial charge on any atom is 0.322 e. The normalized spacial score (nSPS) is 21.7. The molecular weight excluding hydrogens is 354 g/mol. The van der Waals surface area contributed by atoms with Crippen LogP contribution in [0.4, 0.5) is 4.79 Å². The van der Waals surface area contributed by atoms with Gasteiger partial charge in [0.25, 0.3) is 5.91 Å². The van der Waals surface area contributed by atoms with E-state index in [9.17, 15) is 9.59 Å². The van der Waals surface area contributed by atoms with Gasteiger partial charge >= 0.3 is 6.03 Å². The number of para-hydroxylation sites is 1. The van der Waals surface area contributed by atoms with Gasteiger partial charge in [0.2, 0.25) is 0 Å². The van der Waals surface area contributed by atoms with Crippen LogP contribution in [-0.2, 0) is 4.79 Å². The summed E-state index contributed by atoms with van der Waals surface area (Å²) in [6, 6.07) is 16.8. The highest BCUT2D eigenvalue weighted by atomic mass is 16.5. The molecule has 0 aromatic heterocycles. The molecule has 6 heteroatoms. The zero-order chi connectivity index (χ0) is 19.3. The summed E-state index contributed by atoms with van der Waals surface area (Å²) in [7, 11) is 1.72. The van der Waals surface area contributed by atoms with Gasteiger partial charge in [-0.1, -0.05) is 30.3 Å². The predicted molar refractivity (Wildman–Crippen MR) is 104 cm³/mol. The van der Waals surface area contributed by atoms with Crippen LogP contribution in [0.25, 0.3) is 0 Å². The summed E-state index contributed by atoms with van der Waals surface area (Å²) < 4.78 is 5.93. The van der Waals surface area contributed by atoms with E-state index in [0.717, 1.165) is 29.9 Å². The summed E-state index contributed by atoms with van der Waals surface area (Å²) in [5, 5.41) is 2.98. The summed E-state index contributed by atoms with van der Waals surface area (Å²) in [4.78, 5) is 29.1. The molecule has 0 saturated heterocycles. The number of hydrogen-bond donors (Lipinski definition) is 1. The lowest BCUT2D eigenvalue weighted by molar-refractivity contribution is -0.126. The number of likely N-dealkylation sites (N-methyl/N-ethyl adjacent to an activating group) is 1. The van der Waals surface area contributed by atoms with E-state index in [-0.39, 0.29) is 11.9 Å². The first-order chi connectivity index (χ1) is 13.6. The lowest BCUT2D eigenvalue weighted by atomic mass is 9.95. The molecule has 2 heterocycles. The number of carbonyl (C=O) groups is 2. The lowest BCUT2D eigenvalue weighted by Gasteiger charge is -2.31. The minimum atomic E-state index is -0.464. The fourth-order valence-corrected chi connectivity index (χ4v) is 3.90. The minimum Gasteiger partial charge on any atom is -0.457 e. The van der Waals surface area contributed by atoms with Crippen molar-refractivity contribution in [3.05, 3.63) is 71.4 Å². The van der Waals surface area contributed by atoms with E-state index >= 15 is 0 Å². The Morgan fingerprint density at radius 2 is 1.75 bits per heavy atom. The highest BCUT2D eigenvalue weighted by Crippen LogP contribution is 2.40. The monoisotopic (exact) mass is 375 g/mol. The van der Waals surface area contributed by atoms with Crippen LogP contribution in [0.5, 0.6) is 11.5 Å². The first kappa shape index (κ1) is 16.9. The Kier molecular flexibility index (Phi) is 3.86. The van der Waals surface area contributed by atoms with Gasteiger partial charge < -0.3 is 15.0 Å². The Labute approximate surface area is 163 Å². The Bertz CT molecular complexity index is 982. The molecule has 3 aliphatic rings. The molecule has 3 amide bonds. The first-order valence-corrected chi connectivity index (χ1v) is 9.53. The molecule has 2 aromatic rings. The van der Waals surface area contributed by atoms with E-state index in [0.29, 0.717) is 23.9 Å². The van der Waals surface area contributed by atoms with Gasteiger partial charge in [-0.05, 0) is 42.7 Å². The van der Waals surface area contributed by atoms with Crippen LogP contribution < -0.4 is 10.1 Å². The van der Waals surface area contributed by atoms with Crippen LogP contribution in [0.3, 0.4) is 0 Å². The zero-order valence-electron chi connectivity index (χ0n) is 15.6.